The minimum atomic E-state index is -0.444. The summed E-state index contributed by atoms with van der Waals surface area (Å²) in [7, 11) is 3.08. The third-order valence-electron chi connectivity index (χ3n) is 4.63. The van der Waals surface area contributed by atoms with Crippen LogP contribution in [0.5, 0.6) is 0 Å². The van der Waals surface area contributed by atoms with Gasteiger partial charge in [-0.15, -0.1) is 10.2 Å². The van der Waals surface area contributed by atoms with Crippen molar-refractivity contribution in [1.82, 2.24) is 20.1 Å². The van der Waals surface area contributed by atoms with Crippen LogP contribution in [0.2, 0.25) is 5.02 Å². The molecule has 3 rings (SSSR count). The van der Waals surface area contributed by atoms with Crippen LogP contribution in [-0.4, -0.2) is 45.4 Å². The standard InChI is InChI=1S/C22H22ClN5O4S/c1-13(24-20(30)14-4-8-16(23)9-5-14)19-26-27-22(28(19)2)33-12-18(29)25-17-10-6-15(7-11-17)21(31)32-3/h4-11,13H,12H2,1-3H3,(H,24,30)(H,25,29)/t13-/m0/s1. The number of thioether (sulfide) groups is 1. The van der Waals surface area contributed by atoms with Gasteiger partial charge < -0.3 is 19.9 Å². The van der Waals surface area contributed by atoms with Gasteiger partial charge in [0.05, 0.1) is 24.5 Å². The maximum absolute atomic E-state index is 12.4. The van der Waals surface area contributed by atoms with E-state index >= 15 is 0 Å². The molecule has 0 aliphatic heterocycles. The summed E-state index contributed by atoms with van der Waals surface area (Å²) in [5, 5.41) is 15.0. The van der Waals surface area contributed by atoms with Gasteiger partial charge >= 0.3 is 5.97 Å². The van der Waals surface area contributed by atoms with E-state index in [9.17, 15) is 14.4 Å². The van der Waals surface area contributed by atoms with Crippen LogP contribution in [0.4, 0.5) is 5.69 Å². The monoisotopic (exact) mass is 487 g/mol. The summed E-state index contributed by atoms with van der Waals surface area (Å²) >= 11 is 7.08. The highest BCUT2D eigenvalue weighted by molar-refractivity contribution is 7.99. The highest BCUT2D eigenvalue weighted by atomic mass is 35.5. The number of esters is 1. The minimum absolute atomic E-state index is 0.107. The lowest BCUT2D eigenvalue weighted by Crippen LogP contribution is -2.28. The Morgan fingerprint density at radius 3 is 2.33 bits per heavy atom. The molecule has 0 saturated carbocycles. The maximum Gasteiger partial charge on any atom is 0.337 e. The van der Waals surface area contributed by atoms with Gasteiger partial charge in [-0.1, -0.05) is 23.4 Å². The summed E-state index contributed by atoms with van der Waals surface area (Å²) in [6.45, 7) is 1.80. The van der Waals surface area contributed by atoms with Gasteiger partial charge in [0.25, 0.3) is 5.91 Å². The zero-order valence-electron chi connectivity index (χ0n) is 18.2. The quantitative estimate of drug-likeness (QED) is 0.369. The van der Waals surface area contributed by atoms with Gasteiger partial charge in [0.15, 0.2) is 11.0 Å². The van der Waals surface area contributed by atoms with Crippen molar-refractivity contribution in [2.75, 3.05) is 18.2 Å². The van der Waals surface area contributed by atoms with E-state index < -0.39 is 12.0 Å². The first-order valence-corrected chi connectivity index (χ1v) is 11.2. The van der Waals surface area contributed by atoms with Crippen molar-refractivity contribution in [1.29, 1.82) is 0 Å². The molecule has 2 N–H and O–H groups in total. The Kier molecular flexibility index (Phi) is 8.07. The number of amides is 2. The number of nitrogens with one attached hydrogen (secondary N) is 2. The Bertz CT molecular complexity index is 1150. The van der Waals surface area contributed by atoms with Gasteiger partial charge in [0, 0.05) is 23.3 Å². The largest absolute Gasteiger partial charge is 0.465 e. The van der Waals surface area contributed by atoms with Crippen molar-refractivity contribution in [2.24, 2.45) is 7.05 Å². The molecule has 172 valence electrons. The van der Waals surface area contributed by atoms with Crippen LogP contribution in [0, 0.1) is 0 Å². The first kappa shape index (κ1) is 24.3. The second-order valence-corrected chi connectivity index (χ2v) is 8.39. The second kappa shape index (κ2) is 11.0. The molecule has 3 aromatic rings. The molecule has 33 heavy (non-hydrogen) atoms. The molecule has 2 amide bonds. The lowest BCUT2D eigenvalue weighted by atomic mass is 10.2. The van der Waals surface area contributed by atoms with E-state index in [4.69, 9.17) is 11.6 Å². The Balaban J connectivity index is 1.54. The lowest BCUT2D eigenvalue weighted by Gasteiger charge is -2.13. The molecule has 0 radical (unpaired) electrons. The number of benzene rings is 2. The van der Waals surface area contributed by atoms with E-state index in [1.165, 1.54) is 18.9 Å². The average molecular weight is 488 g/mol. The molecule has 0 unspecified atom stereocenters. The highest BCUT2D eigenvalue weighted by Gasteiger charge is 2.19. The Morgan fingerprint density at radius 2 is 1.70 bits per heavy atom. The van der Waals surface area contributed by atoms with Crippen molar-refractivity contribution < 1.29 is 19.1 Å². The summed E-state index contributed by atoms with van der Waals surface area (Å²) in [6, 6.07) is 12.6. The Morgan fingerprint density at radius 1 is 1.06 bits per heavy atom. The minimum Gasteiger partial charge on any atom is -0.465 e. The molecule has 1 atom stereocenters. The molecule has 2 aromatic carbocycles. The number of anilines is 1. The summed E-state index contributed by atoms with van der Waals surface area (Å²) in [4.78, 5) is 36.2. The molecule has 0 aliphatic rings. The van der Waals surface area contributed by atoms with Crippen LogP contribution in [0.15, 0.2) is 53.7 Å². The van der Waals surface area contributed by atoms with Crippen molar-refractivity contribution in [3.05, 3.63) is 70.5 Å². The second-order valence-electron chi connectivity index (χ2n) is 7.01. The number of carbonyl (C=O) groups is 3. The number of aromatic nitrogens is 3. The molecule has 11 heteroatoms. The van der Waals surface area contributed by atoms with Crippen LogP contribution in [0.25, 0.3) is 0 Å². The van der Waals surface area contributed by atoms with Crippen molar-refractivity contribution in [2.45, 2.75) is 18.1 Å². The van der Waals surface area contributed by atoms with Gasteiger partial charge in [-0.2, -0.15) is 0 Å². The Hall–Kier alpha value is -3.37. The number of halogens is 1. The van der Waals surface area contributed by atoms with Crippen molar-refractivity contribution in [3.8, 4) is 0 Å². The topological polar surface area (TPSA) is 115 Å². The summed E-state index contributed by atoms with van der Waals surface area (Å²) in [5.41, 5.74) is 1.44. The van der Waals surface area contributed by atoms with Crippen LogP contribution in [-0.2, 0) is 16.6 Å². The van der Waals surface area contributed by atoms with Gasteiger partial charge in [-0.3, -0.25) is 9.59 Å². The number of ether oxygens (including phenoxy) is 1. The fourth-order valence-electron chi connectivity index (χ4n) is 2.91. The number of hydrogen-bond donors (Lipinski definition) is 2. The first-order chi connectivity index (χ1) is 15.8. The summed E-state index contributed by atoms with van der Waals surface area (Å²) in [6.07, 6.45) is 0. The van der Waals surface area contributed by atoms with E-state index in [2.05, 4.69) is 25.6 Å². The maximum atomic E-state index is 12.4. The lowest BCUT2D eigenvalue weighted by molar-refractivity contribution is -0.113. The molecule has 1 heterocycles. The third-order valence-corrected chi connectivity index (χ3v) is 5.90. The van der Waals surface area contributed by atoms with Crippen LogP contribution >= 0.6 is 23.4 Å². The van der Waals surface area contributed by atoms with Crippen LogP contribution in [0.1, 0.15) is 39.5 Å². The molecule has 9 nitrogen and oxygen atoms in total. The fourth-order valence-corrected chi connectivity index (χ4v) is 3.75. The van der Waals surface area contributed by atoms with Crippen LogP contribution in [0.3, 0.4) is 0 Å². The number of hydrogen-bond acceptors (Lipinski definition) is 7. The number of methoxy groups -OCH3 is 1. The van der Waals surface area contributed by atoms with E-state index in [0.717, 1.165) is 0 Å². The molecule has 1 aromatic heterocycles. The molecule has 0 bridgehead atoms. The zero-order valence-corrected chi connectivity index (χ0v) is 19.7. The van der Waals surface area contributed by atoms with Crippen LogP contribution < -0.4 is 10.6 Å². The smallest absolute Gasteiger partial charge is 0.337 e. The normalized spacial score (nSPS) is 11.5. The Labute approximate surface area is 199 Å². The van der Waals surface area contributed by atoms with E-state index in [-0.39, 0.29) is 17.6 Å². The van der Waals surface area contributed by atoms with Crippen molar-refractivity contribution in [3.63, 3.8) is 0 Å². The third kappa shape index (κ3) is 6.33. The number of carbonyl (C=O) groups excluding carboxylic acids is 3. The molecule has 0 spiro atoms. The predicted octanol–water partition coefficient (Wildman–Crippen LogP) is 3.48. The van der Waals surface area contributed by atoms with E-state index in [1.54, 1.807) is 67.1 Å². The SMILES string of the molecule is COC(=O)c1ccc(NC(=O)CSc2nnc([C@H](C)NC(=O)c3ccc(Cl)cc3)n2C)cc1. The van der Waals surface area contributed by atoms with Crippen molar-refractivity contribution >= 4 is 46.8 Å². The van der Waals surface area contributed by atoms with Gasteiger partial charge in [0.1, 0.15) is 0 Å². The average Bonchev–Trinajstić information content (AvgIpc) is 3.18. The van der Waals surface area contributed by atoms with Gasteiger partial charge in [-0.25, -0.2) is 4.79 Å². The predicted molar refractivity (Wildman–Crippen MR) is 125 cm³/mol. The first-order valence-electron chi connectivity index (χ1n) is 9.85. The molecule has 0 saturated heterocycles. The number of rotatable bonds is 8. The summed E-state index contributed by atoms with van der Waals surface area (Å²) < 4.78 is 6.38. The van der Waals surface area contributed by atoms with E-state index in [0.29, 0.717) is 32.8 Å². The van der Waals surface area contributed by atoms with Gasteiger partial charge in [0.2, 0.25) is 5.91 Å². The molecular formula is C22H22ClN5O4S. The highest BCUT2D eigenvalue weighted by Crippen LogP contribution is 2.20. The molecular weight excluding hydrogens is 466 g/mol. The summed E-state index contributed by atoms with van der Waals surface area (Å²) in [5.74, 6) is -0.275. The number of nitrogens with zero attached hydrogens (tertiary/aromatic N) is 3. The molecule has 0 fully saturated rings. The molecule has 0 aliphatic carbocycles. The van der Waals surface area contributed by atoms with E-state index in [1.807, 2.05) is 0 Å². The fraction of sp³-hybridized carbons (Fsp3) is 0.227. The zero-order chi connectivity index (χ0) is 24.0. The van der Waals surface area contributed by atoms with Gasteiger partial charge in [-0.05, 0) is 55.5 Å².